The molecule has 0 unspecified atom stereocenters. The van der Waals surface area contributed by atoms with Gasteiger partial charge in [0.25, 0.3) is 0 Å². The van der Waals surface area contributed by atoms with Gasteiger partial charge in [0.05, 0.1) is 6.61 Å². The number of nitrogens with one attached hydrogen (secondary N) is 1. The summed E-state index contributed by atoms with van der Waals surface area (Å²) in [5.41, 5.74) is 5.69. The van der Waals surface area contributed by atoms with Gasteiger partial charge in [0.15, 0.2) is 11.6 Å². The average Bonchev–Trinajstić information content (AvgIpc) is 2.29. The van der Waals surface area contributed by atoms with Crippen molar-refractivity contribution in [1.82, 2.24) is 10.3 Å². The van der Waals surface area contributed by atoms with E-state index in [4.69, 9.17) is 10.5 Å². The summed E-state index contributed by atoms with van der Waals surface area (Å²) in [4.78, 5) is 3.98. The Kier molecular flexibility index (Phi) is 3.40. The number of rotatable bonds is 3. The fourth-order valence-corrected chi connectivity index (χ4v) is 1.78. The summed E-state index contributed by atoms with van der Waals surface area (Å²) < 4.78 is 5.66. The molecule has 1 aliphatic rings. The second-order valence-electron chi connectivity index (χ2n) is 3.89. The zero-order chi connectivity index (χ0) is 10.5. The monoisotopic (exact) mass is 207 g/mol. The quantitative estimate of drug-likeness (QED) is 0.777. The molecule has 1 aromatic rings. The minimum Gasteiger partial charge on any atom is -0.489 e. The molecule has 82 valence electrons. The van der Waals surface area contributed by atoms with Gasteiger partial charge >= 0.3 is 0 Å². The van der Waals surface area contributed by atoms with E-state index < -0.39 is 0 Å². The van der Waals surface area contributed by atoms with Crippen LogP contribution in [0.3, 0.4) is 0 Å². The van der Waals surface area contributed by atoms with Crippen molar-refractivity contribution in [3.8, 4) is 5.75 Å². The molecule has 1 aliphatic heterocycles. The molecule has 1 saturated heterocycles. The molecule has 4 nitrogen and oxygen atoms in total. The number of hydrogen-bond acceptors (Lipinski definition) is 4. The van der Waals surface area contributed by atoms with E-state index in [2.05, 4.69) is 10.3 Å². The van der Waals surface area contributed by atoms with Gasteiger partial charge in [-0.2, -0.15) is 0 Å². The van der Waals surface area contributed by atoms with Gasteiger partial charge in [0.1, 0.15) is 0 Å². The van der Waals surface area contributed by atoms with Crippen LogP contribution < -0.4 is 15.8 Å². The molecule has 4 heteroatoms. The van der Waals surface area contributed by atoms with Crippen LogP contribution in [-0.2, 0) is 0 Å². The van der Waals surface area contributed by atoms with Crippen molar-refractivity contribution < 1.29 is 4.74 Å². The Morgan fingerprint density at radius 3 is 3.00 bits per heavy atom. The molecule has 0 aliphatic carbocycles. The standard InChI is InChI=1S/C11H17N3O/c12-11-10(2-1-5-14-11)15-8-9-3-6-13-7-4-9/h1-2,5,9,13H,3-4,6-8H2,(H2,12,14). The molecule has 0 amide bonds. The molecule has 0 saturated carbocycles. The van der Waals surface area contributed by atoms with Crippen LogP contribution in [0.5, 0.6) is 5.75 Å². The Hall–Kier alpha value is -1.29. The van der Waals surface area contributed by atoms with Gasteiger partial charge in [-0.25, -0.2) is 4.98 Å². The summed E-state index contributed by atoms with van der Waals surface area (Å²) >= 11 is 0. The summed E-state index contributed by atoms with van der Waals surface area (Å²) in [6, 6.07) is 3.71. The molecular weight excluding hydrogens is 190 g/mol. The number of hydrogen-bond donors (Lipinski definition) is 2. The number of nitrogen functional groups attached to an aromatic ring is 1. The minimum atomic E-state index is 0.478. The molecule has 3 N–H and O–H groups in total. The number of nitrogens with two attached hydrogens (primary N) is 1. The normalized spacial score (nSPS) is 17.6. The van der Waals surface area contributed by atoms with E-state index in [1.807, 2.05) is 12.1 Å². The lowest BCUT2D eigenvalue weighted by Crippen LogP contribution is -2.30. The third kappa shape index (κ3) is 2.83. The van der Waals surface area contributed by atoms with Crippen LogP contribution in [0.15, 0.2) is 18.3 Å². The summed E-state index contributed by atoms with van der Waals surface area (Å²) in [5, 5.41) is 3.33. The van der Waals surface area contributed by atoms with E-state index in [-0.39, 0.29) is 0 Å². The molecule has 0 atom stereocenters. The average molecular weight is 207 g/mol. The molecule has 0 spiro atoms. The third-order valence-corrected chi connectivity index (χ3v) is 2.73. The maximum atomic E-state index is 5.69. The molecule has 15 heavy (non-hydrogen) atoms. The maximum absolute atomic E-state index is 5.69. The summed E-state index contributed by atoms with van der Waals surface area (Å²) in [6.07, 6.45) is 4.03. The zero-order valence-corrected chi connectivity index (χ0v) is 8.78. The number of nitrogens with zero attached hydrogens (tertiary/aromatic N) is 1. The number of aromatic nitrogens is 1. The molecule has 0 aromatic carbocycles. The van der Waals surface area contributed by atoms with Crippen molar-refractivity contribution in [2.45, 2.75) is 12.8 Å². The van der Waals surface area contributed by atoms with Gasteiger partial charge in [-0.15, -0.1) is 0 Å². The highest BCUT2D eigenvalue weighted by atomic mass is 16.5. The number of piperidine rings is 1. The maximum Gasteiger partial charge on any atom is 0.166 e. The van der Waals surface area contributed by atoms with Crippen molar-refractivity contribution >= 4 is 5.82 Å². The Morgan fingerprint density at radius 2 is 2.27 bits per heavy atom. The van der Waals surface area contributed by atoms with Gasteiger partial charge in [-0.1, -0.05) is 0 Å². The first-order valence-electron chi connectivity index (χ1n) is 5.40. The zero-order valence-electron chi connectivity index (χ0n) is 8.78. The first-order chi connectivity index (χ1) is 7.36. The van der Waals surface area contributed by atoms with E-state index in [0.29, 0.717) is 17.5 Å². The lowest BCUT2D eigenvalue weighted by molar-refractivity contribution is 0.215. The minimum absolute atomic E-state index is 0.478. The highest BCUT2D eigenvalue weighted by Crippen LogP contribution is 2.19. The Balaban J connectivity index is 1.84. The lowest BCUT2D eigenvalue weighted by Gasteiger charge is -2.22. The second kappa shape index (κ2) is 4.98. The molecule has 0 bridgehead atoms. The SMILES string of the molecule is Nc1ncccc1OCC1CCNCC1. The molecular formula is C11H17N3O. The van der Waals surface area contributed by atoms with Crippen molar-refractivity contribution in [3.05, 3.63) is 18.3 Å². The Labute approximate surface area is 89.8 Å². The van der Waals surface area contributed by atoms with Crippen molar-refractivity contribution in [2.24, 2.45) is 5.92 Å². The predicted octanol–water partition coefficient (Wildman–Crippen LogP) is 1.04. The van der Waals surface area contributed by atoms with Gasteiger partial charge in [0, 0.05) is 6.20 Å². The number of ether oxygens (including phenoxy) is 1. The smallest absolute Gasteiger partial charge is 0.166 e. The fraction of sp³-hybridized carbons (Fsp3) is 0.545. The van der Waals surface area contributed by atoms with E-state index in [0.717, 1.165) is 19.7 Å². The van der Waals surface area contributed by atoms with Gasteiger partial charge in [-0.3, -0.25) is 0 Å². The summed E-state index contributed by atoms with van der Waals surface area (Å²) in [6.45, 7) is 2.94. The van der Waals surface area contributed by atoms with Crippen molar-refractivity contribution in [2.75, 3.05) is 25.4 Å². The van der Waals surface area contributed by atoms with E-state index >= 15 is 0 Å². The molecule has 2 heterocycles. The fourth-order valence-electron chi connectivity index (χ4n) is 1.78. The highest BCUT2D eigenvalue weighted by molar-refractivity contribution is 5.44. The predicted molar refractivity (Wildman–Crippen MR) is 59.7 cm³/mol. The van der Waals surface area contributed by atoms with Crippen LogP contribution >= 0.6 is 0 Å². The van der Waals surface area contributed by atoms with Crippen LogP contribution in [-0.4, -0.2) is 24.7 Å². The number of anilines is 1. The van der Waals surface area contributed by atoms with Crippen LogP contribution in [0.2, 0.25) is 0 Å². The van der Waals surface area contributed by atoms with Crippen molar-refractivity contribution in [1.29, 1.82) is 0 Å². The van der Waals surface area contributed by atoms with Gasteiger partial charge in [-0.05, 0) is 44.0 Å². The Bertz CT molecular complexity index is 310. The molecule has 1 fully saturated rings. The summed E-state index contributed by atoms with van der Waals surface area (Å²) in [5.74, 6) is 1.83. The molecule has 2 rings (SSSR count). The second-order valence-corrected chi connectivity index (χ2v) is 3.89. The molecule has 0 radical (unpaired) electrons. The van der Waals surface area contributed by atoms with Gasteiger partial charge < -0.3 is 15.8 Å². The van der Waals surface area contributed by atoms with Crippen LogP contribution in [0.1, 0.15) is 12.8 Å². The third-order valence-electron chi connectivity index (χ3n) is 2.73. The van der Waals surface area contributed by atoms with E-state index in [1.165, 1.54) is 12.8 Å². The summed E-state index contributed by atoms with van der Waals surface area (Å²) in [7, 11) is 0. The van der Waals surface area contributed by atoms with Crippen LogP contribution in [0, 0.1) is 5.92 Å². The van der Waals surface area contributed by atoms with E-state index in [9.17, 15) is 0 Å². The van der Waals surface area contributed by atoms with Gasteiger partial charge in [0.2, 0.25) is 0 Å². The topological polar surface area (TPSA) is 60.2 Å². The largest absolute Gasteiger partial charge is 0.489 e. The van der Waals surface area contributed by atoms with E-state index in [1.54, 1.807) is 6.20 Å². The Morgan fingerprint density at radius 1 is 1.47 bits per heavy atom. The van der Waals surface area contributed by atoms with Crippen LogP contribution in [0.4, 0.5) is 5.82 Å². The molecule has 1 aromatic heterocycles. The first kappa shape index (κ1) is 10.2. The highest BCUT2D eigenvalue weighted by Gasteiger charge is 2.14. The lowest BCUT2D eigenvalue weighted by atomic mass is 9.99. The first-order valence-corrected chi connectivity index (χ1v) is 5.40. The van der Waals surface area contributed by atoms with Crippen LogP contribution in [0.25, 0.3) is 0 Å². The van der Waals surface area contributed by atoms with Crippen molar-refractivity contribution in [3.63, 3.8) is 0 Å². The number of pyridine rings is 1.